The van der Waals surface area contributed by atoms with E-state index in [9.17, 15) is 4.79 Å². The Kier molecular flexibility index (Phi) is 12.2. The molecule has 0 saturated heterocycles. The van der Waals surface area contributed by atoms with Gasteiger partial charge in [-0.2, -0.15) is 0 Å². The van der Waals surface area contributed by atoms with E-state index >= 15 is 0 Å². The lowest BCUT2D eigenvalue weighted by Crippen LogP contribution is -2.24. The van der Waals surface area contributed by atoms with Crippen molar-refractivity contribution < 1.29 is 9.47 Å². The Morgan fingerprint density at radius 1 is 1.00 bits per heavy atom. The highest BCUT2D eigenvalue weighted by Crippen LogP contribution is 2.34. The monoisotopic (exact) mass is 480 g/mol. The highest BCUT2D eigenvalue weighted by Gasteiger charge is 2.19. The fourth-order valence-corrected chi connectivity index (χ4v) is 4.06. The van der Waals surface area contributed by atoms with E-state index in [1.54, 1.807) is 10.6 Å². The average molecular weight is 481 g/mol. The van der Waals surface area contributed by atoms with E-state index < -0.39 is 0 Å². The number of nitrogens with two attached hydrogens (primary N) is 1. The Hall–Kier alpha value is -2.95. The zero-order valence-corrected chi connectivity index (χ0v) is 22.2. The summed E-state index contributed by atoms with van der Waals surface area (Å²) in [5, 5.41) is 0.833. The van der Waals surface area contributed by atoms with E-state index in [2.05, 4.69) is 46.4 Å². The van der Waals surface area contributed by atoms with Crippen molar-refractivity contribution in [2.24, 2.45) is 0 Å². The fourth-order valence-electron chi connectivity index (χ4n) is 4.06. The normalized spacial score (nSPS) is 11.5. The maximum atomic E-state index is 13.6. The van der Waals surface area contributed by atoms with Gasteiger partial charge in [0.1, 0.15) is 13.2 Å². The molecular weight excluding hydrogens is 436 g/mol. The van der Waals surface area contributed by atoms with Crippen molar-refractivity contribution in [3.8, 4) is 11.5 Å². The van der Waals surface area contributed by atoms with Crippen LogP contribution < -0.4 is 20.8 Å². The topological polar surface area (TPSA) is 66.5 Å². The van der Waals surface area contributed by atoms with Crippen LogP contribution in [0.25, 0.3) is 10.9 Å². The Bertz CT molecular complexity index is 1080. The molecule has 192 valence electrons. The van der Waals surface area contributed by atoms with E-state index in [1.807, 2.05) is 18.2 Å². The number of nitrogens with zero attached hydrogens (tertiary/aromatic N) is 1. The summed E-state index contributed by atoms with van der Waals surface area (Å²) in [6, 6.07) is 5.62. The van der Waals surface area contributed by atoms with Gasteiger partial charge in [-0.05, 0) is 64.3 Å². The summed E-state index contributed by atoms with van der Waals surface area (Å²) in [7, 11) is 0. The molecule has 2 aromatic rings. The molecule has 0 aliphatic carbocycles. The van der Waals surface area contributed by atoms with Gasteiger partial charge in [0.2, 0.25) is 5.75 Å². The molecule has 1 heterocycles. The summed E-state index contributed by atoms with van der Waals surface area (Å²) in [5.41, 5.74) is 9.91. The van der Waals surface area contributed by atoms with Crippen molar-refractivity contribution in [2.45, 2.75) is 85.6 Å². The van der Waals surface area contributed by atoms with Crippen molar-refractivity contribution in [2.75, 3.05) is 18.9 Å². The van der Waals surface area contributed by atoms with Crippen molar-refractivity contribution in [1.82, 2.24) is 4.57 Å². The number of anilines is 1. The molecule has 35 heavy (non-hydrogen) atoms. The Morgan fingerprint density at radius 2 is 1.71 bits per heavy atom. The molecule has 0 aliphatic heterocycles. The number of hydrogen-bond acceptors (Lipinski definition) is 4. The molecule has 0 unspecified atom stereocenters. The molecule has 0 fully saturated rings. The Labute approximate surface area is 211 Å². The number of pyridine rings is 1. The molecular formula is C30H44N2O3. The zero-order chi connectivity index (χ0) is 25.6. The number of allylic oxidation sites excluding steroid dienone is 3. The number of nitrogen functional groups attached to an aromatic ring is 1. The van der Waals surface area contributed by atoms with Crippen LogP contribution in [0.4, 0.5) is 5.69 Å². The van der Waals surface area contributed by atoms with Crippen molar-refractivity contribution in [3.05, 3.63) is 64.5 Å². The third-order valence-corrected chi connectivity index (χ3v) is 6.03. The van der Waals surface area contributed by atoms with Crippen LogP contribution in [0.1, 0.15) is 79.1 Å². The summed E-state index contributed by atoms with van der Waals surface area (Å²) in [4.78, 5) is 13.6. The second-order valence-electron chi connectivity index (χ2n) is 9.44. The molecule has 0 saturated carbocycles. The zero-order valence-electron chi connectivity index (χ0n) is 22.2. The first-order valence-corrected chi connectivity index (χ1v) is 13.0. The van der Waals surface area contributed by atoms with E-state index in [1.165, 1.54) is 36.8 Å². The molecule has 0 aliphatic rings. The number of ether oxygens (including phenoxy) is 2. The third kappa shape index (κ3) is 8.97. The van der Waals surface area contributed by atoms with Crippen molar-refractivity contribution >= 4 is 16.6 Å². The van der Waals surface area contributed by atoms with Gasteiger partial charge in [-0.15, -0.1) is 0 Å². The molecule has 2 N–H and O–H groups in total. The predicted octanol–water partition coefficient (Wildman–Crippen LogP) is 7.58. The van der Waals surface area contributed by atoms with E-state index in [0.717, 1.165) is 36.6 Å². The molecule has 0 radical (unpaired) electrons. The average Bonchev–Trinajstić information content (AvgIpc) is 2.82. The van der Waals surface area contributed by atoms with Gasteiger partial charge in [0.05, 0.1) is 5.52 Å². The van der Waals surface area contributed by atoms with Crippen molar-refractivity contribution in [1.29, 1.82) is 0 Å². The lowest BCUT2D eigenvalue weighted by Gasteiger charge is -2.18. The predicted molar refractivity (Wildman–Crippen MR) is 150 cm³/mol. The van der Waals surface area contributed by atoms with Gasteiger partial charge in [0.15, 0.2) is 5.75 Å². The summed E-state index contributed by atoms with van der Waals surface area (Å²) in [5.74, 6) is 0.711. The van der Waals surface area contributed by atoms with E-state index in [0.29, 0.717) is 24.6 Å². The molecule has 1 aromatic carbocycles. The minimum atomic E-state index is -0.183. The van der Waals surface area contributed by atoms with Crippen LogP contribution in [0.15, 0.2) is 58.9 Å². The lowest BCUT2D eigenvalue weighted by atomic mass is 10.1. The smallest absolute Gasteiger partial charge is 0.297 e. The SMILES string of the molecule is C=CCOc1c(OCC=C(C)CCC=C(C)C)c2ccc(N)cc2n(CCCCCCCC)c1=O. The summed E-state index contributed by atoms with van der Waals surface area (Å²) in [6.45, 7) is 13.5. The standard InChI is InChI=1S/C30H44N2O3/c1-6-8-9-10-11-12-19-32-27-22-25(31)16-17-26(27)28(29(30(32)33)34-20-7-2)35-21-18-24(5)15-13-14-23(3)4/h7,14,16-18,22H,2,6,8-13,15,19-21,31H2,1,3-5H3. The number of benzene rings is 1. The summed E-state index contributed by atoms with van der Waals surface area (Å²) >= 11 is 0. The molecule has 0 spiro atoms. The molecule has 1 aromatic heterocycles. The van der Waals surface area contributed by atoms with Gasteiger partial charge in [0, 0.05) is 17.6 Å². The number of rotatable bonds is 16. The van der Waals surface area contributed by atoms with Gasteiger partial charge in [-0.3, -0.25) is 4.79 Å². The lowest BCUT2D eigenvalue weighted by molar-refractivity contribution is 0.304. The second-order valence-corrected chi connectivity index (χ2v) is 9.44. The van der Waals surface area contributed by atoms with E-state index in [-0.39, 0.29) is 17.9 Å². The quantitative estimate of drug-likeness (QED) is 0.153. The van der Waals surface area contributed by atoms with Crippen LogP contribution in [0.5, 0.6) is 11.5 Å². The summed E-state index contributed by atoms with van der Waals surface area (Å²) < 4.78 is 13.8. The van der Waals surface area contributed by atoms with Gasteiger partial charge in [-0.1, -0.05) is 68.9 Å². The third-order valence-electron chi connectivity index (χ3n) is 6.03. The minimum absolute atomic E-state index is 0.183. The Morgan fingerprint density at radius 3 is 2.43 bits per heavy atom. The molecule has 5 nitrogen and oxygen atoms in total. The summed E-state index contributed by atoms with van der Waals surface area (Å²) in [6.07, 6.45) is 14.9. The molecule has 2 rings (SSSR count). The largest absolute Gasteiger partial charge is 0.485 e. The first-order valence-electron chi connectivity index (χ1n) is 13.0. The number of fused-ring (bicyclic) bond motifs is 1. The van der Waals surface area contributed by atoms with Crippen molar-refractivity contribution in [3.63, 3.8) is 0 Å². The van der Waals surface area contributed by atoms with Crippen LogP contribution in [-0.4, -0.2) is 17.8 Å². The number of unbranched alkanes of at least 4 members (excludes halogenated alkanes) is 5. The second kappa shape index (κ2) is 15.1. The van der Waals surface area contributed by atoms with Gasteiger partial charge < -0.3 is 19.8 Å². The van der Waals surface area contributed by atoms with Crippen LogP contribution in [0.3, 0.4) is 0 Å². The molecule has 0 amide bonds. The maximum absolute atomic E-state index is 13.6. The van der Waals surface area contributed by atoms with Gasteiger partial charge in [0.25, 0.3) is 5.56 Å². The Balaban J connectivity index is 2.34. The van der Waals surface area contributed by atoms with Gasteiger partial charge in [-0.25, -0.2) is 0 Å². The number of hydrogen-bond donors (Lipinski definition) is 1. The minimum Gasteiger partial charge on any atom is -0.485 e. The fraction of sp³-hybridized carbons (Fsp3) is 0.500. The first-order chi connectivity index (χ1) is 16.9. The number of aryl methyl sites for hydroxylation is 1. The first kappa shape index (κ1) is 28.3. The van der Waals surface area contributed by atoms with Crippen LogP contribution >= 0.6 is 0 Å². The number of aromatic nitrogens is 1. The molecule has 5 heteroatoms. The highest BCUT2D eigenvalue weighted by molar-refractivity contribution is 5.90. The molecule has 0 atom stereocenters. The van der Waals surface area contributed by atoms with Crippen LogP contribution in [0, 0.1) is 0 Å². The van der Waals surface area contributed by atoms with Crippen LogP contribution in [0.2, 0.25) is 0 Å². The van der Waals surface area contributed by atoms with E-state index in [4.69, 9.17) is 15.2 Å². The van der Waals surface area contributed by atoms with Gasteiger partial charge >= 0.3 is 0 Å². The maximum Gasteiger partial charge on any atom is 0.297 e. The van der Waals surface area contributed by atoms with Crippen LogP contribution in [-0.2, 0) is 6.54 Å². The highest BCUT2D eigenvalue weighted by atomic mass is 16.5. The molecule has 0 bridgehead atoms.